The lowest BCUT2D eigenvalue weighted by atomic mass is 9.85. The smallest absolute Gasteiger partial charge is 0.307 e. The molecule has 0 aliphatic heterocycles. The lowest BCUT2D eigenvalue weighted by Gasteiger charge is -2.23. The van der Waals surface area contributed by atoms with Crippen LogP contribution >= 0.6 is 0 Å². The van der Waals surface area contributed by atoms with E-state index in [1.54, 1.807) is 0 Å². The second kappa shape index (κ2) is 5.52. The van der Waals surface area contributed by atoms with E-state index in [2.05, 4.69) is 5.32 Å². The molecule has 0 aromatic heterocycles. The molecule has 96 valence electrons. The minimum Gasteiger partial charge on any atom is -0.462 e. The topological polar surface area (TPSA) is 55.4 Å². The molecule has 2 saturated carbocycles. The Morgan fingerprint density at radius 2 is 2.00 bits per heavy atom. The van der Waals surface area contributed by atoms with Crippen LogP contribution in [0.3, 0.4) is 0 Å². The molecule has 0 spiro atoms. The molecule has 1 N–H and O–H groups in total. The van der Waals surface area contributed by atoms with Crippen molar-refractivity contribution in [3.05, 3.63) is 0 Å². The molecule has 0 aromatic carbocycles. The van der Waals surface area contributed by atoms with E-state index in [4.69, 9.17) is 4.74 Å². The first-order chi connectivity index (χ1) is 8.16. The molecule has 0 unspecified atom stereocenters. The maximum absolute atomic E-state index is 11.5. The first kappa shape index (κ1) is 12.4. The molecule has 17 heavy (non-hydrogen) atoms. The van der Waals surface area contributed by atoms with Crippen molar-refractivity contribution < 1.29 is 14.3 Å². The average molecular weight is 239 g/mol. The van der Waals surface area contributed by atoms with Crippen LogP contribution in [0.15, 0.2) is 0 Å². The quantitative estimate of drug-likeness (QED) is 0.717. The SMILES string of the molecule is C[C@H](OC(=O)CCNC(=O)C1CCC1)C1CC1. The number of esters is 1. The van der Waals surface area contributed by atoms with Gasteiger partial charge < -0.3 is 10.1 Å². The second-order valence-corrected chi connectivity index (χ2v) is 5.20. The predicted octanol–water partition coefficient (Wildman–Crippen LogP) is 1.63. The Labute approximate surface area is 102 Å². The molecule has 1 amide bonds. The Morgan fingerprint density at radius 3 is 2.53 bits per heavy atom. The number of nitrogens with one attached hydrogen (secondary N) is 1. The minimum absolute atomic E-state index is 0.0461. The van der Waals surface area contributed by atoms with Crippen LogP contribution in [0.2, 0.25) is 0 Å². The van der Waals surface area contributed by atoms with Crippen molar-refractivity contribution in [1.29, 1.82) is 0 Å². The van der Waals surface area contributed by atoms with Gasteiger partial charge in [0.05, 0.1) is 6.42 Å². The van der Waals surface area contributed by atoms with E-state index in [1.807, 2.05) is 6.92 Å². The van der Waals surface area contributed by atoms with Gasteiger partial charge in [0.1, 0.15) is 6.10 Å². The molecular weight excluding hydrogens is 218 g/mol. The van der Waals surface area contributed by atoms with E-state index in [0.717, 1.165) is 19.3 Å². The Balaban J connectivity index is 1.54. The molecule has 4 heteroatoms. The molecule has 2 fully saturated rings. The van der Waals surface area contributed by atoms with Crippen molar-refractivity contribution in [2.45, 2.75) is 51.6 Å². The van der Waals surface area contributed by atoms with Gasteiger partial charge in [-0.1, -0.05) is 6.42 Å². The van der Waals surface area contributed by atoms with Gasteiger partial charge in [-0.3, -0.25) is 9.59 Å². The number of carbonyl (C=O) groups excluding carboxylic acids is 2. The number of rotatable bonds is 6. The lowest BCUT2D eigenvalue weighted by Crippen LogP contribution is -2.35. The Kier molecular flexibility index (Phi) is 4.02. The third-order valence-electron chi connectivity index (χ3n) is 3.71. The van der Waals surface area contributed by atoms with Crippen molar-refractivity contribution >= 4 is 11.9 Å². The van der Waals surface area contributed by atoms with Gasteiger partial charge in [0, 0.05) is 12.5 Å². The molecule has 0 heterocycles. The van der Waals surface area contributed by atoms with E-state index < -0.39 is 0 Å². The van der Waals surface area contributed by atoms with Crippen LogP contribution < -0.4 is 5.32 Å². The molecule has 1 atom stereocenters. The zero-order valence-electron chi connectivity index (χ0n) is 10.4. The highest BCUT2D eigenvalue weighted by Gasteiger charge is 2.30. The zero-order valence-corrected chi connectivity index (χ0v) is 10.4. The van der Waals surface area contributed by atoms with Gasteiger partial charge in [-0.2, -0.15) is 0 Å². The number of carbonyl (C=O) groups is 2. The number of hydrogen-bond acceptors (Lipinski definition) is 3. The van der Waals surface area contributed by atoms with E-state index in [-0.39, 0.29) is 30.3 Å². The summed E-state index contributed by atoms with van der Waals surface area (Å²) in [5, 5.41) is 2.79. The number of amides is 1. The summed E-state index contributed by atoms with van der Waals surface area (Å²) in [5.41, 5.74) is 0. The van der Waals surface area contributed by atoms with Crippen molar-refractivity contribution in [3.8, 4) is 0 Å². The van der Waals surface area contributed by atoms with Crippen molar-refractivity contribution in [3.63, 3.8) is 0 Å². The summed E-state index contributed by atoms with van der Waals surface area (Å²) in [4.78, 5) is 22.9. The van der Waals surface area contributed by atoms with E-state index >= 15 is 0 Å². The van der Waals surface area contributed by atoms with Gasteiger partial charge in [0.25, 0.3) is 0 Å². The van der Waals surface area contributed by atoms with Crippen LogP contribution in [0.25, 0.3) is 0 Å². The van der Waals surface area contributed by atoms with Crippen molar-refractivity contribution in [1.82, 2.24) is 5.32 Å². The first-order valence-electron chi connectivity index (χ1n) is 6.64. The van der Waals surface area contributed by atoms with Gasteiger partial charge >= 0.3 is 5.97 Å². The standard InChI is InChI=1S/C13H21NO3/c1-9(10-5-6-10)17-12(15)7-8-14-13(16)11-3-2-4-11/h9-11H,2-8H2,1H3,(H,14,16)/t9-/m0/s1. The number of ether oxygens (including phenoxy) is 1. The van der Waals surface area contributed by atoms with Gasteiger partial charge in [0.15, 0.2) is 0 Å². The molecule has 2 rings (SSSR count). The van der Waals surface area contributed by atoms with Gasteiger partial charge in [-0.05, 0) is 38.5 Å². The molecule has 0 bridgehead atoms. The van der Waals surface area contributed by atoms with Crippen LogP contribution in [0.5, 0.6) is 0 Å². The van der Waals surface area contributed by atoms with Crippen molar-refractivity contribution in [2.75, 3.05) is 6.54 Å². The van der Waals surface area contributed by atoms with Crippen LogP contribution in [0, 0.1) is 11.8 Å². The maximum Gasteiger partial charge on any atom is 0.307 e. The first-order valence-corrected chi connectivity index (χ1v) is 6.64. The fourth-order valence-corrected chi connectivity index (χ4v) is 2.03. The highest BCUT2D eigenvalue weighted by Crippen LogP contribution is 2.34. The third-order valence-corrected chi connectivity index (χ3v) is 3.71. The Morgan fingerprint density at radius 1 is 1.29 bits per heavy atom. The second-order valence-electron chi connectivity index (χ2n) is 5.20. The summed E-state index contributed by atoms with van der Waals surface area (Å²) >= 11 is 0. The monoisotopic (exact) mass is 239 g/mol. The van der Waals surface area contributed by atoms with E-state index in [9.17, 15) is 9.59 Å². The zero-order chi connectivity index (χ0) is 12.3. The highest BCUT2D eigenvalue weighted by molar-refractivity contribution is 5.80. The molecule has 0 radical (unpaired) electrons. The summed E-state index contributed by atoms with van der Waals surface area (Å²) in [7, 11) is 0. The summed E-state index contributed by atoms with van der Waals surface area (Å²) in [6.45, 7) is 2.36. The molecule has 2 aliphatic carbocycles. The third kappa shape index (κ3) is 3.72. The minimum atomic E-state index is -0.196. The summed E-state index contributed by atoms with van der Waals surface area (Å²) in [6.07, 6.45) is 5.82. The van der Waals surface area contributed by atoms with E-state index in [0.29, 0.717) is 12.5 Å². The van der Waals surface area contributed by atoms with E-state index in [1.165, 1.54) is 12.8 Å². The average Bonchev–Trinajstić information content (AvgIpc) is 2.97. The maximum atomic E-state index is 11.5. The number of hydrogen-bond donors (Lipinski definition) is 1. The fourth-order valence-electron chi connectivity index (χ4n) is 2.03. The van der Waals surface area contributed by atoms with Gasteiger partial charge in [0.2, 0.25) is 5.91 Å². The largest absolute Gasteiger partial charge is 0.462 e. The molecule has 4 nitrogen and oxygen atoms in total. The molecule has 0 aromatic rings. The molecule has 0 saturated heterocycles. The van der Waals surface area contributed by atoms with Crippen LogP contribution in [0.4, 0.5) is 0 Å². The van der Waals surface area contributed by atoms with Gasteiger partial charge in [-0.15, -0.1) is 0 Å². The van der Waals surface area contributed by atoms with Crippen LogP contribution in [-0.2, 0) is 14.3 Å². The molecular formula is C13H21NO3. The highest BCUT2D eigenvalue weighted by atomic mass is 16.5. The fraction of sp³-hybridized carbons (Fsp3) is 0.846. The summed E-state index contributed by atoms with van der Waals surface area (Å²) in [5.74, 6) is 0.664. The molecule has 2 aliphatic rings. The summed E-state index contributed by atoms with van der Waals surface area (Å²) < 4.78 is 5.27. The van der Waals surface area contributed by atoms with Crippen LogP contribution in [0.1, 0.15) is 45.4 Å². The lowest BCUT2D eigenvalue weighted by molar-refractivity contribution is -0.149. The Bertz CT molecular complexity index is 295. The normalized spacial score (nSPS) is 21.5. The summed E-state index contributed by atoms with van der Waals surface area (Å²) in [6, 6.07) is 0. The predicted molar refractivity (Wildman–Crippen MR) is 63.2 cm³/mol. The van der Waals surface area contributed by atoms with Crippen LogP contribution in [-0.4, -0.2) is 24.5 Å². The van der Waals surface area contributed by atoms with Crippen molar-refractivity contribution in [2.24, 2.45) is 11.8 Å². The van der Waals surface area contributed by atoms with Gasteiger partial charge in [-0.25, -0.2) is 0 Å². The Hall–Kier alpha value is -1.06.